The Bertz CT molecular complexity index is 1640. The molecule has 0 aliphatic heterocycles. The average Bonchev–Trinajstić information content (AvgIpc) is 3.47. The second-order valence-corrected chi connectivity index (χ2v) is 9.90. The molecule has 0 saturated heterocycles. The van der Waals surface area contributed by atoms with Gasteiger partial charge in [0.2, 0.25) is 0 Å². The first-order valence-electron chi connectivity index (χ1n) is 11.3. The van der Waals surface area contributed by atoms with Crippen LogP contribution >= 0.6 is 11.3 Å². The van der Waals surface area contributed by atoms with Crippen LogP contribution in [-0.4, -0.2) is 21.1 Å². The van der Waals surface area contributed by atoms with Crippen LogP contribution in [0.1, 0.15) is 43.1 Å². The van der Waals surface area contributed by atoms with Crippen LogP contribution in [0.4, 0.5) is 0 Å². The number of thiazole rings is 1. The SMILES string of the molecule is Cc1ccc(-c2nc3c(cc(C=C4C(=O)c5cc(C)c(C)cc5C4=O)n3-c3cc#ccc3)s2)cc1. The Hall–Kier alpha value is -4.27. The Morgan fingerprint density at radius 3 is 2.20 bits per heavy atom. The lowest BCUT2D eigenvalue weighted by Gasteiger charge is -2.07. The predicted molar refractivity (Wildman–Crippen MR) is 139 cm³/mol. The van der Waals surface area contributed by atoms with Gasteiger partial charge in [-0.25, -0.2) is 4.98 Å². The number of nitrogens with zero attached hydrogens (tertiary/aromatic N) is 2. The molecular formula is C30H20N2O2S. The van der Waals surface area contributed by atoms with Crippen molar-refractivity contribution in [1.82, 2.24) is 9.55 Å². The quantitative estimate of drug-likeness (QED) is 0.216. The van der Waals surface area contributed by atoms with Gasteiger partial charge in [0, 0.05) is 22.8 Å². The number of ketones is 2. The molecule has 3 aromatic carbocycles. The Kier molecular flexibility index (Phi) is 4.80. The van der Waals surface area contributed by atoms with Gasteiger partial charge in [-0.2, -0.15) is 0 Å². The van der Waals surface area contributed by atoms with Crippen molar-refractivity contribution in [3.63, 3.8) is 0 Å². The van der Waals surface area contributed by atoms with Gasteiger partial charge in [0.1, 0.15) is 5.01 Å². The maximum Gasteiger partial charge on any atom is 0.197 e. The lowest BCUT2D eigenvalue weighted by Crippen LogP contribution is -2.03. The summed E-state index contributed by atoms with van der Waals surface area (Å²) in [5.41, 5.74) is 7.73. The summed E-state index contributed by atoms with van der Waals surface area (Å²) in [5, 5.41) is 0.917. The molecule has 5 heteroatoms. The topological polar surface area (TPSA) is 52.0 Å². The molecule has 2 aromatic heterocycles. The maximum absolute atomic E-state index is 13.2. The molecule has 0 spiro atoms. The van der Waals surface area contributed by atoms with Crippen LogP contribution in [0.25, 0.3) is 32.7 Å². The first-order valence-corrected chi connectivity index (χ1v) is 12.1. The molecule has 168 valence electrons. The van der Waals surface area contributed by atoms with Crippen molar-refractivity contribution in [2.24, 2.45) is 0 Å². The van der Waals surface area contributed by atoms with E-state index in [1.54, 1.807) is 23.5 Å². The minimum Gasteiger partial charge on any atom is -0.293 e. The van der Waals surface area contributed by atoms with Gasteiger partial charge in [-0.05, 0) is 68.3 Å². The van der Waals surface area contributed by atoms with Crippen molar-refractivity contribution in [1.29, 1.82) is 0 Å². The standard InChI is InChI=1S/C30H20N2O2S/c1-17-9-11-20(12-10-17)30-31-29-26(35-30)16-22(32(29)21-7-5-4-6-8-21)15-25-27(33)23-13-18(2)19(3)14-24(23)28(25)34/h5,7-16H,1-3H3. The number of fused-ring (bicyclic) bond motifs is 2. The second kappa shape index (κ2) is 7.90. The predicted octanol–water partition coefficient (Wildman–Crippen LogP) is 6.74. The smallest absolute Gasteiger partial charge is 0.197 e. The van der Waals surface area contributed by atoms with E-state index in [1.165, 1.54) is 5.56 Å². The van der Waals surface area contributed by atoms with Crippen molar-refractivity contribution in [2.75, 3.05) is 0 Å². The highest BCUT2D eigenvalue weighted by atomic mass is 32.1. The molecule has 6 rings (SSSR count). The summed E-state index contributed by atoms with van der Waals surface area (Å²) in [7, 11) is 0. The van der Waals surface area contributed by atoms with Crippen molar-refractivity contribution >= 4 is 39.3 Å². The minimum absolute atomic E-state index is 0.182. The number of hydrogen-bond donors (Lipinski definition) is 0. The van der Waals surface area contributed by atoms with Gasteiger partial charge in [0.05, 0.1) is 21.7 Å². The summed E-state index contributed by atoms with van der Waals surface area (Å²) in [6.07, 6.45) is 1.70. The van der Waals surface area contributed by atoms with Gasteiger partial charge in [0.15, 0.2) is 17.2 Å². The zero-order valence-corrected chi connectivity index (χ0v) is 20.3. The number of benzene rings is 2. The van der Waals surface area contributed by atoms with Crippen molar-refractivity contribution < 1.29 is 9.59 Å². The Labute approximate surface area is 207 Å². The van der Waals surface area contributed by atoms with Gasteiger partial charge < -0.3 is 0 Å². The van der Waals surface area contributed by atoms with Gasteiger partial charge in [-0.3, -0.25) is 14.2 Å². The van der Waals surface area contributed by atoms with Crippen LogP contribution in [0.2, 0.25) is 0 Å². The third-order valence-corrected chi connectivity index (χ3v) is 7.53. The number of aromatic nitrogens is 2. The fraction of sp³-hybridized carbons (Fsp3) is 0.100. The Morgan fingerprint density at radius 2 is 1.57 bits per heavy atom. The summed E-state index contributed by atoms with van der Waals surface area (Å²) >= 11 is 1.59. The zero-order chi connectivity index (χ0) is 24.3. The number of allylic oxidation sites excluding steroid dienone is 1. The molecule has 0 bridgehead atoms. The third-order valence-electron chi connectivity index (χ3n) is 6.49. The molecule has 0 saturated carbocycles. The van der Waals surface area contributed by atoms with E-state index in [0.29, 0.717) is 11.1 Å². The van der Waals surface area contributed by atoms with E-state index in [9.17, 15) is 9.59 Å². The molecule has 1 aliphatic carbocycles. The first kappa shape index (κ1) is 21.3. The maximum atomic E-state index is 13.2. The molecule has 4 nitrogen and oxygen atoms in total. The largest absolute Gasteiger partial charge is 0.293 e. The van der Waals surface area contributed by atoms with E-state index in [1.807, 2.05) is 48.7 Å². The molecule has 0 unspecified atom stereocenters. The number of aryl methyl sites for hydroxylation is 3. The normalized spacial score (nSPS) is 12.8. The van der Waals surface area contributed by atoms with E-state index in [-0.39, 0.29) is 17.1 Å². The van der Waals surface area contributed by atoms with Gasteiger partial charge in [0.25, 0.3) is 0 Å². The number of Topliss-reactive ketones (excluding diaryl/α,β-unsaturated/α-hetero) is 2. The van der Waals surface area contributed by atoms with Gasteiger partial charge in [-0.15, -0.1) is 11.3 Å². The monoisotopic (exact) mass is 472 g/mol. The second-order valence-electron chi connectivity index (χ2n) is 8.87. The molecule has 35 heavy (non-hydrogen) atoms. The molecule has 0 radical (unpaired) electrons. The Morgan fingerprint density at radius 1 is 0.886 bits per heavy atom. The van der Waals surface area contributed by atoms with Crippen LogP contribution in [0.15, 0.2) is 66.2 Å². The number of carbonyl (C=O) groups excluding carboxylic acids is 2. The van der Waals surface area contributed by atoms with Crippen molar-refractivity contribution in [3.05, 3.63) is 112 Å². The molecule has 1 aliphatic rings. The lowest BCUT2D eigenvalue weighted by atomic mass is 10.0. The summed E-state index contributed by atoms with van der Waals surface area (Å²) in [5.74, 6) is -0.462. The molecule has 0 N–H and O–H groups in total. The van der Waals surface area contributed by atoms with Gasteiger partial charge in [-0.1, -0.05) is 42.0 Å². The highest BCUT2D eigenvalue weighted by Gasteiger charge is 2.34. The first-order chi connectivity index (χ1) is 16.9. The van der Waals surface area contributed by atoms with Crippen LogP contribution < -0.4 is 0 Å². The third kappa shape index (κ3) is 3.42. The summed E-state index contributed by atoms with van der Waals surface area (Å²) in [4.78, 5) is 31.4. The van der Waals surface area contributed by atoms with Crippen LogP contribution in [-0.2, 0) is 0 Å². The van der Waals surface area contributed by atoms with E-state index in [2.05, 4.69) is 43.3 Å². The zero-order valence-electron chi connectivity index (χ0n) is 19.5. The van der Waals surface area contributed by atoms with Gasteiger partial charge >= 0.3 is 0 Å². The minimum atomic E-state index is -0.231. The van der Waals surface area contributed by atoms with Crippen LogP contribution in [0.5, 0.6) is 0 Å². The van der Waals surface area contributed by atoms with Crippen molar-refractivity contribution in [2.45, 2.75) is 20.8 Å². The Balaban J connectivity index is 1.52. The van der Waals surface area contributed by atoms with E-state index in [0.717, 1.165) is 43.4 Å². The molecule has 5 aromatic rings. The van der Waals surface area contributed by atoms with E-state index >= 15 is 0 Å². The van der Waals surface area contributed by atoms with Crippen molar-refractivity contribution in [3.8, 4) is 16.3 Å². The highest BCUT2D eigenvalue weighted by molar-refractivity contribution is 7.21. The average molecular weight is 473 g/mol. The van der Waals surface area contributed by atoms with E-state index in [4.69, 9.17) is 4.98 Å². The molecule has 0 fully saturated rings. The lowest BCUT2D eigenvalue weighted by molar-refractivity contribution is 0.0990. The number of carbonyl (C=O) groups is 2. The van der Waals surface area contributed by atoms with E-state index < -0.39 is 0 Å². The van der Waals surface area contributed by atoms with Crippen LogP contribution in [0, 0.1) is 32.9 Å². The summed E-state index contributed by atoms with van der Waals surface area (Å²) in [6.45, 7) is 5.97. The number of hydrogen-bond acceptors (Lipinski definition) is 4. The summed E-state index contributed by atoms with van der Waals surface area (Å²) < 4.78 is 2.95. The van der Waals surface area contributed by atoms with Crippen LogP contribution in [0.3, 0.4) is 0 Å². The number of rotatable bonds is 3. The fourth-order valence-corrected chi connectivity index (χ4v) is 5.44. The molecular weight excluding hydrogens is 452 g/mol. The molecule has 0 amide bonds. The molecule has 2 heterocycles. The fourth-order valence-electron chi connectivity index (χ4n) is 4.44. The molecule has 0 atom stereocenters. The summed E-state index contributed by atoms with van der Waals surface area (Å²) in [6, 6.07) is 25.4. The highest BCUT2D eigenvalue weighted by Crippen LogP contribution is 2.36.